The van der Waals surface area contributed by atoms with Gasteiger partial charge in [-0.2, -0.15) is 0 Å². The molecule has 60 valence electrons. The molecule has 2 unspecified atom stereocenters. The van der Waals surface area contributed by atoms with Gasteiger partial charge in [0.15, 0.2) is 0 Å². The van der Waals surface area contributed by atoms with E-state index in [0.29, 0.717) is 0 Å². The Labute approximate surface area is 68.0 Å². The van der Waals surface area contributed by atoms with Crippen LogP contribution in [-0.4, -0.2) is 18.2 Å². The summed E-state index contributed by atoms with van der Waals surface area (Å²) in [5.41, 5.74) is 0. The molecule has 1 aliphatic heterocycles. The molecule has 0 spiro atoms. The monoisotopic (exact) mass is 159 g/mol. The van der Waals surface area contributed by atoms with Crippen LogP contribution >= 0.6 is 11.8 Å². The highest BCUT2D eigenvalue weighted by atomic mass is 32.2. The average molecular weight is 159 g/mol. The van der Waals surface area contributed by atoms with Gasteiger partial charge in [-0.3, -0.25) is 0 Å². The van der Waals surface area contributed by atoms with Crippen molar-refractivity contribution in [3.05, 3.63) is 0 Å². The maximum absolute atomic E-state index is 3.32. The van der Waals surface area contributed by atoms with Gasteiger partial charge in [0.1, 0.15) is 0 Å². The molecule has 1 aliphatic rings. The molecule has 0 aromatic heterocycles. The lowest BCUT2D eigenvalue weighted by atomic mass is 9.98. The summed E-state index contributed by atoms with van der Waals surface area (Å²) in [7, 11) is 2.06. The van der Waals surface area contributed by atoms with E-state index in [1.54, 1.807) is 0 Å². The fraction of sp³-hybridized carbons (Fsp3) is 1.00. The Hall–Kier alpha value is 0.310. The van der Waals surface area contributed by atoms with Gasteiger partial charge in [-0.05, 0) is 31.1 Å². The van der Waals surface area contributed by atoms with Crippen molar-refractivity contribution >= 4 is 11.8 Å². The lowest BCUT2D eigenvalue weighted by molar-refractivity contribution is 0.388. The molecule has 0 bridgehead atoms. The molecule has 1 rings (SSSR count). The molecule has 1 fully saturated rings. The van der Waals surface area contributed by atoms with E-state index in [1.807, 2.05) is 11.8 Å². The zero-order valence-electron chi connectivity index (χ0n) is 7.05. The van der Waals surface area contributed by atoms with Crippen molar-refractivity contribution < 1.29 is 0 Å². The lowest BCUT2D eigenvalue weighted by Crippen LogP contribution is -2.41. The van der Waals surface area contributed by atoms with Crippen LogP contribution in [0.25, 0.3) is 0 Å². The first kappa shape index (κ1) is 8.41. The van der Waals surface area contributed by atoms with Gasteiger partial charge in [-0.25, -0.2) is 0 Å². The second kappa shape index (κ2) is 3.63. The van der Waals surface area contributed by atoms with Crippen LogP contribution in [0.4, 0.5) is 0 Å². The molecule has 0 aromatic carbocycles. The molecule has 1 heterocycles. The van der Waals surface area contributed by atoms with Crippen LogP contribution in [0.1, 0.15) is 20.3 Å². The van der Waals surface area contributed by atoms with E-state index < -0.39 is 0 Å². The van der Waals surface area contributed by atoms with E-state index in [-0.39, 0.29) is 0 Å². The Kier molecular flexibility index (Phi) is 3.05. The van der Waals surface area contributed by atoms with Crippen molar-refractivity contribution in [2.75, 3.05) is 12.8 Å². The van der Waals surface area contributed by atoms with Crippen LogP contribution < -0.4 is 5.32 Å². The largest absolute Gasteiger partial charge is 0.308 e. The third-order valence-electron chi connectivity index (χ3n) is 1.98. The molecule has 0 amide bonds. The van der Waals surface area contributed by atoms with Gasteiger partial charge in [-0.15, -0.1) is 11.8 Å². The minimum atomic E-state index is 0.752. The Bertz CT molecular complexity index is 101. The highest BCUT2D eigenvalue weighted by Gasteiger charge is 2.30. The lowest BCUT2D eigenvalue weighted by Gasteiger charge is -2.36. The summed E-state index contributed by atoms with van der Waals surface area (Å²) < 4.78 is 0. The van der Waals surface area contributed by atoms with Crippen LogP contribution in [0.3, 0.4) is 0 Å². The molecule has 2 heteroatoms. The van der Waals surface area contributed by atoms with Crippen molar-refractivity contribution in [2.45, 2.75) is 25.6 Å². The summed E-state index contributed by atoms with van der Waals surface area (Å²) in [5.74, 6) is 3.17. The molecule has 0 saturated carbocycles. The standard InChI is InChI=1S/C8H17NS/c1-6(2)4-7-5-10-8(7)9-3/h6-9H,4-5H2,1-3H3. The van der Waals surface area contributed by atoms with E-state index in [2.05, 4.69) is 26.2 Å². The molecule has 1 nitrogen and oxygen atoms in total. The number of thioether (sulfide) groups is 1. The zero-order chi connectivity index (χ0) is 7.56. The maximum atomic E-state index is 3.32. The summed E-state index contributed by atoms with van der Waals surface area (Å²) in [4.78, 5) is 0. The van der Waals surface area contributed by atoms with Crippen LogP contribution in [0, 0.1) is 11.8 Å². The topological polar surface area (TPSA) is 12.0 Å². The first-order chi connectivity index (χ1) is 4.74. The van der Waals surface area contributed by atoms with Gasteiger partial charge in [0.2, 0.25) is 0 Å². The SMILES string of the molecule is CNC1SCC1CC(C)C. The third kappa shape index (κ3) is 1.89. The molecule has 0 aliphatic carbocycles. The van der Waals surface area contributed by atoms with Gasteiger partial charge in [0.25, 0.3) is 0 Å². The first-order valence-electron chi connectivity index (χ1n) is 4.03. The Morgan fingerprint density at radius 1 is 1.60 bits per heavy atom. The summed E-state index contributed by atoms with van der Waals surface area (Å²) in [6.07, 6.45) is 1.39. The van der Waals surface area contributed by atoms with E-state index in [4.69, 9.17) is 0 Å². The number of rotatable bonds is 3. The normalized spacial score (nSPS) is 32.4. The fourth-order valence-corrected chi connectivity index (χ4v) is 2.52. The number of hydrogen-bond donors (Lipinski definition) is 1. The summed E-state index contributed by atoms with van der Waals surface area (Å²) in [6, 6.07) is 0. The van der Waals surface area contributed by atoms with Crippen molar-refractivity contribution in [3.8, 4) is 0 Å². The van der Waals surface area contributed by atoms with Crippen molar-refractivity contribution in [3.63, 3.8) is 0 Å². The van der Waals surface area contributed by atoms with E-state index >= 15 is 0 Å². The van der Waals surface area contributed by atoms with Crippen LogP contribution in [-0.2, 0) is 0 Å². The summed E-state index contributed by atoms with van der Waals surface area (Å²) in [6.45, 7) is 4.60. The second-order valence-electron chi connectivity index (χ2n) is 3.43. The highest BCUT2D eigenvalue weighted by molar-refractivity contribution is 8.01. The maximum Gasteiger partial charge on any atom is 0.0566 e. The number of hydrogen-bond acceptors (Lipinski definition) is 2. The average Bonchev–Trinajstić information content (AvgIpc) is 1.82. The van der Waals surface area contributed by atoms with Crippen molar-refractivity contribution in [1.82, 2.24) is 5.32 Å². The van der Waals surface area contributed by atoms with E-state index in [9.17, 15) is 0 Å². The number of nitrogens with one attached hydrogen (secondary N) is 1. The molecular weight excluding hydrogens is 142 g/mol. The molecule has 0 radical (unpaired) electrons. The minimum Gasteiger partial charge on any atom is -0.308 e. The second-order valence-corrected chi connectivity index (χ2v) is 4.61. The summed E-state index contributed by atoms with van der Waals surface area (Å²) >= 11 is 2.04. The molecule has 1 N–H and O–H groups in total. The van der Waals surface area contributed by atoms with Crippen molar-refractivity contribution in [1.29, 1.82) is 0 Å². The van der Waals surface area contributed by atoms with Crippen LogP contribution in [0.2, 0.25) is 0 Å². The molecule has 10 heavy (non-hydrogen) atoms. The predicted molar refractivity (Wildman–Crippen MR) is 48.3 cm³/mol. The van der Waals surface area contributed by atoms with Gasteiger partial charge in [0, 0.05) is 0 Å². The first-order valence-corrected chi connectivity index (χ1v) is 5.07. The van der Waals surface area contributed by atoms with Gasteiger partial charge in [0.05, 0.1) is 5.37 Å². The van der Waals surface area contributed by atoms with E-state index in [0.717, 1.165) is 17.2 Å². The molecule has 1 saturated heterocycles. The molecule has 0 aromatic rings. The fourth-order valence-electron chi connectivity index (χ4n) is 1.44. The Morgan fingerprint density at radius 3 is 2.60 bits per heavy atom. The Morgan fingerprint density at radius 2 is 2.30 bits per heavy atom. The molecule has 2 atom stereocenters. The van der Waals surface area contributed by atoms with Gasteiger partial charge in [-0.1, -0.05) is 13.8 Å². The molecular formula is C8H17NS. The minimum absolute atomic E-state index is 0.752. The summed E-state index contributed by atoms with van der Waals surface area (Å²) in [5, 5.41) is 4.07. The highest BCUT2D eigenvalue weighted by Crippen LogP contribution is 2.36. The smallest absolute Gasteiger partial charge is 0.0566 e. The van der Waals surface area contributed by atoms with Crippen LogP contribution in [0.15, 0.2) is 0 Å². The predicted octanol–water partition coefficient (Wildman–Crippen LogP) is 1.94. The van der Waals surface area contributed by atoms with Gasteiger partial charge < -0.3 is 5.32 Å². The Balaban J connectivity index is 2.16. The van der Waals surface area contributed by atoms with Gasteiger partial charge >= 0.3 is 0 Å². The third-order valence-corrected chi connectivity index (χ3v) is 3.58. The van der Waals surface area contributed by atoms with Crippen molar-refractivity contribution in [2.24, 2.45) is 11.8 Å². The van der Waals surface area contributed by atoms with Crippen LogP contribution in [0.5, 0.6) is 0 Å². The van der Waals surface area contributed by atoms with E-state index in [1.165, 1.54) is 12.2 Å². The zero-order valence-corrected chi connectivity index (χ0v) is 7.87. The quantitative estimate of drug-likeness (QED) is 0.675.